The van der Waals surface area contributed by atoms with E-state index in [9.17, 15) is 4.39 Å². The molecule has 17 heavy (non-hydrogen) atoms. The molecule has 0 bridgehead atoms. The third kappa shape index (κ3) is 3.24. The average Bonchev–Trinajstić information content (AvgIpc) is 2.38. The first-order valence-electron chi connectivity index (χ1n) is 5.41. The number of benzene rings is 2. The normalized spacial score (nSPS) is 10.2. The minimum atomic E-state index is -0.215. The summed E-state index contributed by atoms with van der Waals surface area (Å²) in [6, 6.07) is 15.0. The van der Waals surface area contributed by atoms with Crippen LogP contribution in [-0.2, 0) is 6.54 Å². The zero-order valence-corrected chi connectivity index (χ0v) is 10.4. The van der Waals surface area contributed by atoms with E-state index in [1.54, 1.807) is 23.9 Å². The molecule has 0 saturated carbocycles. The molecular formula is C14H14FNS. The maximum atomic E-state index is 13.3. The molecule has 3 heteroatoms. The van der Waals surface area contributed by atoms with Crippen molar-refractivity contribution in [2.75, 3.05) is 11.6 Å². The van der Waals surface area contributed by atoms with Gasteiger partial charge in [0.05, 0.1) is 5.69 Å². The van der Waals surface area contributed by atoms with Crippen LogP contribution in [0.15, 0.2) is 53.4 Å². The summed E-state index contributed by atoms with van der Waals surface area (Å²) in [4.78, 5) is 1.24. The summed E-state index contributed by atoms with van der Waals surface area (Å²) in [5.41, 5.74) is 1.69. The largest absolute Gasteiger partial charge is 0.379 e. The van der Waals surface area contributed by atoms with Gasteiger partial charge in [0.1, 0.15) is 5.82 Å². The highest BCUT2D eigenvalue weighted by molar-refractivity contribution is 7.98. The summed E-state index contributed by atoms with van der Waals surface area (Å²) < 4.78 is 13.3. The maximum Gasteiger partial charge on any atom is 0.146 e. The van der Waals surface area contributed by atoms with E-state index in [2.05, 4.69) is 29.6 Å². The first kappa shape index (κ1) is 12.0. The van der Waals surface area contributed by atoms with E-state index in [1.165, 1.54) is 11.0 Å². The maximum absolute atomic E-state index is 13.3. The van der Waals surface area contributed by atoms with Gasteiger partial charge in [-0.2, -0.15) is 0 Å². The molecule has 0 amide bonds. The van der Waals surface area contributed by atoms with Crippen molar-refractivity contribution in [3.05, 3.63) is 59.9 Å². The van der Waals surface area contributed by atoms with E-state index in [-0.39, 0.29) is 5.82 Å². The molecule has 2 aromatic carbocycles. The van der Waals surface area contributed by atoms with Crippen molar-refractivity contribution in [2.45, 2.75) is 11.4 Å². The molecule has 0 aliphatic heterocycles. The number of rotatable bonds is 4. The van der Waals surface area contributed by atoms with Crippen LogP contribution in [0.3, 0.4) is 0 Å². The van der Waals surface area contributed by atoms with Gasteiger partial charge in [-0.25, -0.2) is 4.39 Å². The standard InChI is InChI=1S/C14H14FNS/c1-17-12-8-6-11(7-9-12)10-16-14-5-3-2-4-13(14)15/h2-9,16H,10H2,1H3. The van der Waals surface area contributed by atoms with Crippen molar-refractivity contribution in [3.8, 4) is 0 Å². The number of hydrogen-bond acceptors (Lipinski definition) is 2. The molecule has 2 rings (SSSR count). The van der Waals surface area contributed by atoms with E-state index in [0.717, 1.165) is 5.56 Å². The smallest absolute Gasteiger partial charge is 0.146 e. The highest BCUT2D eigenvalue weighted by atomic mass is 32.2. The van der Waals surface area contributed by atoms with E-state index < -0.39 is 0 Å². The Kier molecular flexibility index (Phi) is 4.04. The van der Waals surface area contributed by atoms with Crippen molar-refractivity contribution in [3.63, 3.8) is 0 Å². The van der Waals surface area contributed by atoms with Gasteiger partial charge >= 0.3 is 0 Å². The molecule has 0 heterocycles. The Labute approximate surface area is 105 Å². The number of halogens is 1. The minimum Gasteiger partial charge on any atom is -0.379 e. The van der Waals surface area contributed by atoms with Crippen LogP contribution >= 0.6 is 11.8 Å². The van der Waals surface area contributed by atoms with Gasteiger partial charge in [-0.3, -0.25) is 0 Å². The molecule has 0 aliphatic rings. The van der Waals surface area contributed by atoms with Crippen LogP contribution < -0.4 is 5.32 Å². The van der Waals surface area contributed by atoms with Crippen molar-refractivity contribution in [1.29, 1.82) is 0 Å². The zero-order valence-electron chi connectivity index (χ0n) is 9.61. The van der Waals surface area contributed by atoms with Crippen molar-refractivity contribution in [1.82, 2.24) is 0 Å². The van der Waals surface area contributed by atoms with Crippen LogP contribution in [0.1, 0.15) is 5.56 Å². The lowest BCUT2D eigenvalue weighted by Crippen LogP contribution is -2.00. The Balaban J connectivity index is 2.00. The Hall–Kier alpha value is -1.48. The monoisotopic (exact) mass is 247 g/mol. The Bertz CT molecular complexity index is 482. The molecule has 0 atom stereocenters. The van der Waals surface area contributed by atoms with Crippen LogP contribution in [0.25, 0.3) is 0 Å². The number of hydrogen-bond donors (Lipinski definition) is 1. The average molecular weight is 247 g/mol. The van der Waals surface area contributed by atoms with E-state index >= 15 is 0 Å². The van der Waals surface area contributed by atoms with E-state index in [1.807, 2.05) is 12.3 Å². The third-order valence-corrected chi connectivity index (χ3v) is 3.26. The van der Waals surface area contributed by atoms with Gasteiger partial charge in [-0.05, 0) is 36.1 Å². The molecule has 0 saturated heterocycles. The lowest BCUT2D eigenvalue weighted by Gasteiger charge is -2.07. The van der Waals surface area contributed by atoms with Crippen LogP contribution in [0.5, 0.6) is 0 Å². The molecule has 0 spiro atoms. The van der Waals surface area contributed by atoms with Crippen LogP contribution in [0.4, 0.5) is 10.1 Å². The highest BCUT2D eigenvalue weighted by Crippen LogP contribution is 2.17. The molecule has 2 aromatic rings. The highest BCUT2D eigenvalue weighted by Gasteiger charge is 1.99. The summed E-state index contributed by atoms with van der Waals surface area (Å²) in [7, 11) is 0. The lowest BCUT2D eigenvalue weighted by atomic mass is 10.2. The van der Waals surface area contributed by atoms with Crippen molar-refractivity contribution in [2.24, 2.45) is 0 Å². The molecule has 0 radical (unpaired) electrons. The third-order valence-electron chi connectivity index (χ3n) is 2.52. The molecule has 88 valence electrons. The molecule has 0 aromatic heterocycles. The predicted octanol–water partition coefficient (Wildman–Crippen LogP) is 4.16. The van der Waals surface area contributed by atoms with Gasteiger partial charge in [0.25, 0.3) is 0 Å². The first-order chi connectivity index (χ1) is 8.29. The fourth-order valence-corrected chi connectivity index (χ4v) is 1.95. The zero-order chi connectivity index (χ0) is 12.1. The topological polar surface area (TPSA) is 12.0 Å². The van der Waals surface area contributed by atoms with Crippen LogP contribution in [0, 0.1) is 5.82 Å². The van der Waals surface area contributed by atoms with Crippen LogP contribution in [-0.4, -0.2) is 6.26 Å². The van der Waals surface area contributed by atoms with E-state index in [0.29, 0.717) is 12.2 Å². The Morgan fingerprint density at radius 1 is 1.06 bits per heavy atom. The van der Waals surface area contributed by atoms with Gasteiger partial charge < -0.3 is 5.32 Å². The Morgan fingerprint density at radius 3 is 2.41 bits per heavy atom. The summed E-state index contributed by atoms with van der Waals surface area (Å²) >= 11 is 1.71. The van der Waals surface area contributed by atoms with E-state index in [4.69, 9.17) is 0 Å². The Morgan fingerprint density at radius 2 is 1.76 bits per heavy atom. The van der Waals surface area contributed by atoms with Gasteiger partial charge in [-0.15, -0.1) is 11.8 Å². The SMILES string of the molecule is CSc1ccc(CNc2ccccc2F)cc1. The quantitative estimate of drug-likeness (QED) is 0.814. The minimum absolute atomic E-state index is 0.215. The molecule has 0 unspecified atom stereocenters. The number of thioether (sulfide) groups is 1. The summed E-state index contributed by atoms with van der Waals surface area (Å²) in [6.45, 7) is 0.635. The summed E-state index contributed by atoms with van der Waals surface area (Å²) in [5, 5.41) is 3.08. The number of anilines is 1. The fourth-order valence-electron chi connectivity index (χ4n) is 1.55. The van der Waals surface area contributed by atoms with Gasteiger partial charge in [-0.1, -0.05) is 24.3 Å². The van der Waals surface area contributed by atoms with Crippen molar-refractivity contribution >= 4 is 17.4 Å². The molecule has 0 aliphatic carbocycles. The van der Waals surface area contributed by atoms with Gasteiger partial charge in [0, 0.05) is 11.4 Å². The van der Waals surface area contributed by atoms with Gasteiger partial charge in [0.2, 0.25) is 0 Å². The van der Waals surface area contributed by atoms with Crippen molar-refractivity contribution < 1.29 is 4.39 Å². The van der Waals surface area contributed by atoms with Crippen LogP contribution in [0.2, 0.25) is 0 Å². The lowest BCUT2D eigenvalue weighted by molar-refractivity contribution is 0.630. The van der Waals surface area contributed by atoms with Gasteiger partial charge in [0.15, 0.2) is 0 Å². The molecule has 0 fully saturated rings. The fraction of sp³-hybridized carbons (Fsp3) is 0.143. The summed E-state index contributed by atoms with van der Waals surface area (Å²) in [5.74, 6) is -0.215. The summed E-state index contributed by atoms with van der Waals surface area (Å²) in [6.07, 6.45) is 2.05. The number of nitrogens with one attached hydrogen (secondary N) is 1. The molecule has 1 nitrogen and oxygen atoms in total. The second-order valence-corrected chi connectivity index (χ2v) is 4.56. The molecular weight excluding hydrogens is 233 g/mol. The predicted molar refractivity (Wildman–Crippen MR) is 71.9 cm³/mol. The second-order valence-electron chi connectivity index (χ2n) is 3.68. The first-order valence-corrected chi connectivity index (χ1v) is 6.63. The molecule has 1 N–H and O–H groups in total. The number of para-hydroxylation sites is 1. The second kappa shape index (κ2) is 5.73.